The van der Waals surface area contributed by atoms with E-state index in [-0.39, 0.29) is 6.04 Å². The molecule has 0 aliphatic carbocycles. The lowest BCUT2D eigenvalue weighted by atomic mass is 10.2. The second-order valence-electron chi connectivity index (χ2n) is 4.05. The summed E-state index contributed by atoms with van der Waals surface area (Å²) in [6.07, 6.45) is 2.11. The SMILES string of the molecule is Fc1cc2nc([C@@H]3CCCN3)[nH]c2cc1F. The van der Waals surface area contributed by atoms with Crippen LogP contribution in [-0.2, 0) is 0 Å². The zero-order chi connectivity index (χ0) is 11.1. The van der Waals surface area contributed by atoms with E-state index < -0.39 is 11.6 Å². The van der Waals surface area contributed by atoms with Crippen LogP contribution >= 0.6 is 0 Å². The van der Waals surface area contributed by atoms with Gasteiger partial charge in [-0.25, -0.2) is 13.8 Å². The topological polar surface area (TPSA) is 40.7 Å². The maximum Gasteiger partial charge on any atom is 0.161 e. The maximum absolute atomic E-state index is 13.0. The van der Waals surface area contributed by atoms with E-state index in [1.807, 2.05) is 0 Å². The summed E-state index contributed by atoms with van der Waals surface area (Å²) in [6.45, 7) is 0.963. The second-order valence-corrected chi connectivity index (χ2v) is 4.05. The first kappa shape index (κ1) is 9.72. The van der Waals surface area contributed by atoms with Crippen molar-refractivity contribution in [3.05, 3.63) is 29.6 Å². The van der Waals surface area contributed by atoms with E-state index in [9.17, 15) is 8.78 Å². The molecule has 2 N–H and O–H groups in total. The highest BCUT2D eigenvalue weighted by atomic mass is 19.2. The highest BCUT2D eigenvalue weighted by Crippen LogP contribution is 2.24. The van der Waals surface area contributed by atoms with Gasteiger partial charge in [0.05, 0.1) is 17.1 Å². The fourth-order valence-corrected chi connectivity index (χ4v) is 2.11. The number of aromatic amines is 1. The first-order valence-electron chi connectivity index (χ1n) is 5.32. The molecule has 3 nitrogen and oxygen atoms in total. The van der Waals surface area contributed by atoms with E-state index in [0.29, 0.717) is 11.0 Å². The lowest BCUT2D eigenvalue weighted by Gasteiger charge is -2.04. The van der Waals surface area contributed by atoms with Gasteiger partial charge in [-0.15, -0.1) is 0 Å². The molecule has 0 bridgehead atoms. The van der Waals surface area contributed by atoms with Crippen LogP contribution in [0.25, 0.3) is 11.0 Å². The van der Waals surface area contributed by atoms with Crippen molar-refractivity contribution in [1.82, 2.24) is 15.3 Å². The van der Waals surface area contributed by atoms with Gasteiger partial charge >= 0.3 is 0 Å². The number of fused-ring (bicyclic) bond motifs is 1. The smallest absolute Gasteiger partial charge is 0.161 e. The monoisotopic (exact) mass is 223 g/mol. The summed E-state index contributed by atoms with van der Waals surface area (Å²) in [5.41, 5.74) is 1.02. The molecule has 84 valence electrons. The molecule has 1 aromatic carbocycles. The minimum absolute atomic E-state index is 0.179. The van der Waals surface area contributed by atoms with E-state index in [0.717, 1.165) is 37.3 Å². The summed E-state index contributed by atoms with van der Waals surface area (Å²) in [5, 5.41) is 3.28. The summed E-state index contributed by atoms with van der Waals surface area (Å²) in [5.74, 6) is -0.940. The Kier molecular flexibility index (Phi) is 2.14. The van der Waals surface area contributed by atoms with Crippen molar-refractivity contribution in [2.75, 3.05) is 6.54 Å². The highest BCUT2D eigenvalue weighted by Gasteiger charge is 2.20. The second kappa shape index (κ2) is 3.52. The number of rotatable bonds is 1. The first-order valence-corrected chi connectivity index (χ1v) is 5.32. The number of imidazole rings is 1. The number of nitrogens with one attached hydrogen (secondary N) is 2. The number of benzene rings is 1. The van der Waals surface area contributed by atoms with Gasteiger partial charge in [0.2, 0.25) is 0 Å². The van der Waals surface area contributed by atoms with Gasteiger partial charge in [-0.2, -0.15) is 0 Å². The van der Waals surface area contributed by atoms with Crippen molar-refractivity contribution in [3.63, 3.8) is 0 Å². The van der Waals surface area contributed by atoms with Gasteiger partial charge in [0.25, 0.3) is 0 Å². The standard InChI is InChI=1S/C11H11F2N3/c12-6-4-9-10(5-7(6)13)16-11(15-9)8-2-1-3-14-8/h4-5,8,14H,1-3H2,(H,15,16)/t8-/m0/s1. The van der Waals surface area contributed by atoms with Crippen LogP contribution in [0.1, 0.15) is 24.7 Å². The molecule has 1 aliphatic rings. The molecule has 1 saturated heterocycles. The molecule has 1 atom stereocenters. The molecule has 0 amide bonds. The Morgan fingerprint density at radius 1 is 1.25 bits per heavy atom. The Hall–Kier alpha value is -1.49. The lowest BCUT2D eigenvalue weighted by molar-refractivity contribution is 0.510. The van der Waals surface area contributed by atoms with Crippen LogP contribution < -0.4 is 5.32 Å². The van der Waals surface area contributed by atoms with Gasteiger partial charge in [-0.05, 0) is 19.4 Å². The summed E-state index contributed by atoms with van der Waals surface area (Å²) in [6, 6.07) is 2.45. The predicted octanol–water partition coefficient (Wildman–Crippen LogP) is 2.27. The molecule has 0 unspecified atom stereocenters. The van der Waals surface area contributed by atoms with Gasteiger partial charge in [0.1, 0.15) is 5.82 Å². The highest BCUT2D eigenvalue weighted by molar-refractivity contribution is 5.75. The molecule has 1 fully saturated rings. The summed E-state index contributed by atoms with van der Waals surface area (Å²) >= 11 is 0. The van der Waals surface area contributed by atoms with Crippen LogP contribution in [0, 0.1) is 11.6 Å². The van der Waals surface area contributed by atoms with Gasteiger partial charge < -0.3 is 10.3 Å². The lowest BCUT2D eigenvalue weighted by Crippen LogP contribution is -2.13. The van der Waals surface area contributed by atoms with Gasteiger partial charge in [-0.1, -0.05) is 0 Å². The van der Waals surface area contributed by atoms with Gasteiger partial charge in [0.15, 0.2) is 11.6 Å². The van der Waals surface area contributed by atoms with Crippen molar-refractivity contribution in [2.45, 2.75) is 18.9 Å². The molecular weight excluding hydrogens is 212 g/mol. The Morgan fingerprint density at radius 3 is 2.81 bits per heavy atom. The number of aromatic nitrogens is 2. The third-order valence-corrected chi connectivity index (χ3v) is 2.93. The zero-order valence-electron chi connectivity index (χ0n) is 8.56. The maximum atomic E-state index is 13.0. The van der Waals surface area contributed by atoms with E-state index in [1.54, 1.807) is 0 Å². The molecule has 16 heavy (non-hydrogen) atoms. The van der Waals surface area contributed by atoms with Gasteiger partial charge in [0, 0.05) is 12.1 Å². The molecule has 0 saturated carbocycles. The van der Waals surface area contributed by atoms with E-state index in [4.69, 9.17) is 0 Å². The van der Waals surface area contributed by atoms with Crippen molar-refractivity contribution >= 4 is 11.0 Å². The van der Waals surface area contributed by atoms with Crippen LogP contribution in [0.2, 0.25) is 0 Å². The Labute approximate surface area is 90.9 Å². The number of hydrogen-bond acceptors (Lipinski definition) is 2. The fraction of sp³-hybridized carbons (Fsp3) is 0.364. The first-order chi connectivity index (χ1) is 7.74. The fourth-order valence-electron chi connectivity index (χ4n) is 2.11. The normalized spacial score (nSPS) is 20.8. The molecule has 0 radical (unpaired) electrons. The minimum atomic E-state index is -0.857. The number of H-pyrrole nitrogens is 1. The number of halogens is 2. The number of nitrogens with zero attached hydrogens (tertiary/aromatic N) is 1. The molecule has 1 aromatic heterocycles. The molecular formula is C11H11F2N3. The predicted molar refractivity (Wildman–Crippen MR) is 56.0 cm³/mol. The zero-order valence-corrected chi connectivity index (χ0v) is 8.56. The molecule has 5 heteroatoms. The van der Waals surface area contributed by atoms with Crippen LogP contribution in [0.15, 0.2) is 12.1 Å². The summed E-state index contributed by atoms with van der Waals surface area (Å²) in [4.78, 5) is 7.30. The summed E-state index contributed by atoms with van der Waals surface area (Å²) < 4.78 is 26.0. The minimum Gasteiger partial charge on any atom is -0.341 e. The van der Waals surface area contributed by atoms with Crippen molar-refractivity contribution in [3.8, 4) is 0 Å². The van der Waals surface area contributed by atoms with Crippen molar-refractivity contribution in [2.24, 2.45) is 0 Å². The molecule has 2 heterocycles. The molecule has 3 rings (SSSR count). The van der Waals surface area contributed by atoms with Crippen molar-refractivity contribution < 1.29 is 8.78 Å². The Bertz CT molecular complexity index is 490. The van der Waals surface area contributed by atoms with E-state index in [2.05, 4.69) is 15.3 Å². The van der Waals surface area contributed by atoms with Crippen molar-refractivity contribution in [1.29, 1.82) is 0 Å². The van der Waals surface area contributed by atoms with Crippen LogP contribution in [0.3, 0.4) is 0 Å². The average molecular weight is 223 g/mol. The molecule has 1 aliphatic heterocycles. The van der Waals surface area contributed by atoms with Crippen LogP contribution in [0.5, 0.6) is 0 Å². The quantitative estimate of drug-likeness (QED) is 0.778. The van der Waals surface area contributed by atoms with E-state index >= 15 is 0 Å². The molecule has 2 aromatic rings. The van der Waals surface area contributed by atoms with E-state index in [1.165, 1.54) is 0 Å². The Balaban J connectivity index is 2.08. The third-order valence-electron chi connectivity index (χ3n) is 2.93. The van der Waals surface area contributed by atoms with Crippen LogP contribution in [0.4, 0.5) is 8.78 Å². The Morgan fingerprint density at radius 2 is 2.06 bits per heavy atom. The summed E-state index contributed by atoms with van der Waals surface area (Å²) in [7, 11) is 0. The molecule has 0 spiro atoms. The largest absolute Gasteiger partial charge is 0.341 e. The average Bonchev–Trinajstić information content (AvgIpc) is 2.86. The van der Waals surface area contributed by atoms with Crippen LogP contribution in [-0.4, -0.2) is 16.5 Å². The number of hydrogen-bond donors (Lipinski definition) is 2. The van der Waals surface area contributed by atoms with Gasteiger partial charge in [-0.3, -0.25) is 0 Å². The third kappa shape index (κ3) is 1.48.